The van der Waals surface area contributed by atoms with Gasteiger partial charge in [-0.2, -0.15) is 0 Å². The zero-order valence-electron chi connectivity index (χ0n) is 21.8. The molecular weight excluding hydrogens is 466 g/mol. The van der Waals surface area contributed by atoms with Gasteiger partial charge in [0.2, 0.25) is 0 Å². The Morgan fingerprint density at radius 3 is 2.35 bits per heavy atom. The van der Waals surface area contributed by atoms with Gasteiger partial charge >= 0.3 is 5.97 Å². The summed E-state index contributed by atoms with van der Waals surface area (Å²) in [5.74, 6) is 0.299. The summed E-state index contributed by atoms with van der Waals surface area (Å²) in [6.07, 6.45) is 1.70. The Balaban J connectivity index is 1.70. The highest BCUT2D eigenvalue weighted by Gasteiger charge is 2.38. The van der Waals surface area contributed by atoms with Crippen LogP contribution >= 0.6 is 0 Å². The third-order valence-electron chi connectivity index (χ3n) is 6.36. The number of esters is 1. The number of methoxy groups -OCH3 is 1. The second-order valence-electron chi connectivity index (χ2n) is 8.83. The average Bonchev–Trinajstić information content (AvgIpc) is 3.14. The lowest BCUT2D eigenvalue weighted by atomic mass is 10.0. The van der Waals surface area contributed by atoms with E-state index in [0.717, 1.165) is 16.7 Å². The van der Waals surface area contributed by atoms with Crippen LogP contribution in [0.25, 0.3) is 6.08 Å². The van der Waals surface area contributed by atoms with Crippen LogP contribution in [0.3, 0.4) is 0 Å². The fraction of sp³-hybridized carbons (Fsp3) is 0.226. The third kappa shape index (κ3) is 5.43. The van der Waals surface area contributed by atoms with Gasteiger partial charge in [-0.1, -0.05) is 42.5 Å². The summed E-state index contributed by atoms with van der Waals surface area (Å²) in [5, 5.41) is 0. The molecule has 0 atom stereocenters. The standard InChI is InChI=1S/C31H31NO5/c1-6-36-31(34)29-22(4)32(25-14-12-20(2)21(3)16-25)30(33)26(29)17-24-13-15-27(28(18-24)35-5)37-19-23-10-8-7-9-11-23/h7-18H,6,19H2,1-5H3/b26-17-. The minimum atomic E-state index is -0.527. The second-order valence-corrected chi connectivity index (χ2v) is 8.83. The molecule has 37 heavy (non-hydrogen) atoms. The number of anilines is 1. The van der Waals surface area contributed by atoms with E-state index in [-0.39, 0.29) is 23.7 Å². The number of ether oxygens (including phenoxy) is 3. The van der Waals surface area contributed by atoms with Gasteiger partial charge in [0, 0.05) is 11.4 Å². The summed E-state index contributed by atoms with van der Waals surface area (Å²) in [6, 6.07) is 21.1. The molecule has 1 amide bonds. The van der Waals surface area contributed by atoms with Gasteiger partial charge in [0.05, 0.1) is 24.9 Å². The number of nitrogens with zero attached hydrogens (tertiary/aromatic N) is 1. The molecule has 0 N–H and O–H groups in total. The number of rotatable bonds is 8. The van der Waals surface area contributed by atoms with Crippen LogP contribution in [0.1, 0.15) is 36.1 Å². The minimum absolute atomic E-state index is 0.210. The van der Waals surface area contributed by atoms with E-state index in [1.54, 1.807) is 44.1 Å². The molecule has 190 valence electrons. The minimum Gasteiger partial charge on any atom is -0.493 e. The van der Waals surface area contributed by atoms with Gasteiger partial charge in [0.25, 0.3) is 5.91 Å². The second kappa shape index (κ2) is 11.2. The number of aryl methyl sites for hydroxylation is 2. The van der Waals surface area contributed by atoms with Crippen molar-refractivity contribution >= 4 is 23.6 Å². The number of carbonyl (C=O) groups is 2. The highest BCUT2D eigenvalue weighted by atomic mass is 16.5. The van der Waals surface area contributed by atoms with Crippen molar-refractivity contribution in [2.24, 2.45) is 0 Å². The smallest absolute Gasteiger partial charge is 0.340 e. The molecule has 1 heterocycles. The van der Waals surface area contributed by atoms with Gasteiger partial charge in [-0.25, -0.2) is 4.79 Å². The molecule has 1 aliphatic rings. The lowest BCUT2D eigenvalue weighted by molar-refractivity contribution is -0.138. The number of allylic oxidation sites excluding steroid dienone is 1. The van der Waals surface area contributed by atoms with Gasteiger partial charge in [0.15, 0.2) is 11.5 Å². The van der Waals surface area contributed by atoms with Crippen molar-refractivity contribution in [3.63, 3.8) is 0 Å². The van der Waals surface area contributed by atoms with Gasteiger partial charge < -0.3 is 14.2 Å². The SMILES string of the molecule is CCOC(=O)C1=C(C)N(c2ccc(C)c(C)c2)C(=O)/C1=C\c1ccc(OCc2ccccc2)c(OC)c1. The van der Waals surface area contributed by atoms with Crippen LogP contribution in [0.2, 0.25) is 0 Å². The maximum atomic E-state index is 13.7. The normalized spacial score (nSPS) is 14.4. The Morgan fingerprint density at radius 2 is 1.68 bits per heavy atom. The molecule has 0 spiro atoms. The molecule has 0 radical (unpaired) electrons. The van der Waals surface area contributed by atoms with E-state index in [1.165, 1.54) is 0 Å². The molecule has 3 aromatic rings. The first-order valence-electron chi connectivity index (χ1n) is 12.2. The number of benzene rings is 3. The van der Waals surface area contributed by atoms with E-state index >= 15 is 0 Å². The molecule has 1 aliphatic heterocycles. The van der Waals surface area contributed by atoms with E-state index in [0.29, 0.717) is 35.1 Å². The summed E-state index contributed by atoms with van der Waals surface area (Å²) in [7, 11) is 1.57. The van der Waals surface area contributed by atoms with Gasteiger partial charge in [-0.15, -0.1) is 0 Å². The summed E-state index contributed by atoms with van der Waals surface area (Å²) in [5.41, 5.74) is 5.69. The average molecular weight is 498 g/mol. The van der Waals surface area contributed by atoms with Gasteiger partial charge in [0.1, 0.15) is 6.61 Å². The van der Waals surface area contributed by atoms with Crippen LogP contribution < -0.4 is 14.4 Å². The number of carbonyl (C=O) groups excluding carboxylic acids is 2. The summed E-state index contributed by atoms with van der Waals surface area (Å²) < 4.78 is 16.8. The van der Waals surface area contributed by atoms with Crippen LogP contribution in [0.4, 0.5) is 5.69 Å². The summed E-state index contributed by atoms with van der Waals surface area (Å²) in [6.45, 7) is 8.13. The Hall–Kier alpha value is -4.32. The molecule has 6 heteroatoms. The van der Waals surface area contributed by atoms with Crippen LogP contribution in [0.5, 0.6) is 11.5 Å². The molecule has 0 saturated heterocycles. The van der Waals surface area contributed by atoms with Gasteiger partial charge in [-0.05, 0) is 80.3 Å². The predicted octanol–water partition coefficient (Wildman–Crippen LogP) is 6.16. The molecule has 0 fully saturated rings. The number of hydrogen-bond donors (Lipinski definition) is 0. The fourth-order valence-corrected chi connectivity index (χ4v) is 4.25. The monoisotopic (exact) mass is 497 g/mol. The maximum absolute atomic E-state index is 13.7. The molecule has 0 saturated carbocycles. The third-order valence-corrected chi connectivity index (χ3v) is 6.36. The van der Waals surface area contributed by atoms with Crippen molar-refractivity contribution < 1.29 is 23.8 Å². The Kier molecular flexibility index (Phi) is 7.77. The van der Waals surface area contributed by atoms with E-state index in [4.69, 9.17) is 14.2 Å². The molecule has 6 nitrogen and oxygen atoms in total. The fourth-order valence-electron chi connectivity index (χ4n) is 4.25. The predicted molar refractivity (Wildman–Crippen MR) is 144 cm³/mol. The van der Waals surface area contributed by atoms with Crippen molar-refractivity contribution in [1.29, 1.82) is 0 Å². The van der Waals surface area contributed by atoms with E-state index in [2.05, 4.69) is 0 Å². The molecule has 0 aliphatic carbocycles. The van der Waals surface area contributed by atoms with E-state index in [9.17, 15) is 9.59 Å². The lowest BCUT2D eigenvalue weighted by Gasteiger charge is -2.19. The van der Waals surface area contributed by atoms with Crippen molar-refractivity contribution in [3.8, 4) is 11.5 Å². The first-order valence-corrected chi connectivity index (χ1v) is 12.2. The molecule has 0 aromatic heterocycles. The molecule has 4 rings (SSSR count). The number of hydrogen-bond acceptors (Lipinski definition) is 5. The van der Waals surface area contributed by atoms with E-state index < -0.39 is 5.97 Å². The summed E-state index contributed by atoms with van der Waals surface area (Å²) >= 11 is 0. The van der Waals surface area contributed by atoms with Crippen LogP contribution in [-0.4, -0.2) is 25.6 Å². The molecule has 0 bridgehead atoms. The van der Waals surface area contributed by atoms with E-state index in [1.807, 2.05) is 68.4 Å². The molecule has 3 aromatic carbocycles. The molecular formula is C31H31NO5. The lowest BCUT2D eigenvalue weighted by Crippen LogP contribution is -2.24. The Morgan fingerprint density at radius 1 is 0.919 bits per heavy atom. The van der Waals surface area contributed by atoms with Crippen molar-refractivity contribution in [3.05, 3.63) is 106 Å². The summed E-state index contributed by atoms with van der Waals surface area (Å²) in [4.78, 5) is 28.2. The first-order chi connectivity index (χ1) is 17.8. The van der Waals surface area contributed by atoms with Crippen LogP contribution in [0.15, 0.2) is 83.6 Å². The largest absolute Gasteiger partial charge is 0.493 e. The highest BCUT2D eigenvalue weighted by Crippen LogP contribution is 2.37. The quantitative estimate of drug-likeness (QED) is 0.276. The maximum Gasteiger partial charge on any atom is 0.340 e. The van der Waals surface area contributed by atoms with Crippen molar-refractivity contribution in [2.45, 2.75) is 34.3 Å². The zero-order chi connectivity index (χ0) is 26.5. The van der Waals surface area contributed by atoms with Crippen LogP contribution in [-0.2, 0) is 20.9 Å². The zero-order valence-corrected chi connectivity index (χ0v) is 21.8. The highest BCUT2D eigenvalue weighted by molar-refractivity contribution is 6.23. The molecule has 0 unspecified atom stereocenters. The Bertz CT molecular complexity index is 1390. The number of amides is 1. The van der Waals surface area contributed by atoms with Crippen molar-refractivity contribution in [2.75, 3.05) is 18.6 Å². The van der Waals surface area contributed by atoms with Crippen molar-refractivity contribution in [1.82, 2.24) is 0 Å². The van der Waals surface area contributed by atoms with Gasteiger partial charge in [-0.3, -0.25) is 9.69 Å². The Labute approximate surface area is 217 Å². The first kappa shape index (κ1) is 25.8. The van der Waals surface area contributed by atoms with Crippen LogP contribution in [0, 0.1) is 13.8 Å². The topological polar surface area (TPSA) is 65.1 Å².